The molecule has 1 amide bonds. The second-order valence-electron chi connectivity index (χ2n) is 4.06. The monoisotopic (exact) mass is 333 g/mol. The average molecular weight is 333 g/mol. The molecule has 0 spiro atoms. The summed E-state index contributed by atoms with van der Waals surface area (Å²) in [5.41, 5.74) is 2.25. The van der Waals surface area contributed by atoms with E-state index >= 15 is 0 Å². The molecule has 0 bridgehead atoms. The molecule has 4 nitrogen and oxygen atoms in total. The highest BCUT2D eigenvalue weighted by molar-refractivity contribution is 7.98. The van der Waals surface area contributed by atoms with Gasteiger partial charge in [0.05, 0.1) is 5.56 Å². The van der Waals surface area contributed by atoms with Gasteiger partial charge in [0.2, 0.25) is 5.13 Å². The lowest BCUT2D eigenvalue weighted by molar-refractivity contribution is 0.102. The number of anilines is 1. The summed E-state index contributed by atoms with van der Waals surface area (Å²) in [4.78, 5) is 14.6. The van der Waals surface area contributed by atoms with Crippen LogP contribution in [0.15, 0.2) is 52.2 Å². The number of benzene rings is 1. The van der Waals surface area contributed by atoms with E-state index in [-0.39, 0.29) is 5.91 Å². The fourth-order valence-electron chi connectivity index (χ4n) is 1.72. The van der Waals surface area contributed by atoms with Gasteiger partial charge in [0.15, 0.2) is 0 Å². The Bertz CT molecular complexity index is 711. The zero-order valence-electron chi connectivity index (χ0n) is 10.9. The maximum Gasteiger partial charge on any atom is 0.258 e. The molecule has 0 fully saturated rings. The van der Waals surface area contributed by atoms with Crippen LogP contribution < -0.4 is 5.32 Å². The van der Waals surface area contributed by atoms with Crippen LogP contribution in [-0.4, -0.2) is 16.1 Å². The topological polar surface area (TPSA) is 54.9 Å². The second-order valence-corrected chi connectivity index (χ2v) is 6.94. The van der Waals surface area contributed by atoms with Gasteiger partial charge < -0.3 is 0 Å². The summed E-state index contributed by atoms with van der Waals surface area (Å²) in [5, 5.41) is 12.9. The van der Waals surface area contributed by atoms with Crippen LogP contribution in [0, 0.1) is 0 Å². The number of hydrogen-bond donors (Lipinski definition) is 1. The van der Waals surface area contributed by atoms with Crippen LogP contribution >= 0.6 is 34.4 Å². The van der Waals surface area contributed by atoms with Crippen molar-refractivity contribution in [2.75, 3.05) is 5.32 Å². The van der Waals surface area contributed by atoms with Crippen LogP contribution in [0.3, 0.4) is 0 Å². The van der Waals surface area contributed by atoms with E-state index in [9.17, 15) is 4.79 Å². The van der Waals surface area contributed by atoms with Crippen LogP contribution in [0.4, 0.5) is 5.13 Å². The number of thioether (sulfide) groups is 1. The van der Waals surface area contributed by atoms with E-state index in [2.05, 4.69) is 27.0 Å². The zero-order chi connectivity index (χ0) is 14.5. The Morgan fingerprint density at radius 2 is 2.10 bits per heavy atom. The summed E-state index contributed by atoms with van der Waals surface area (Å²) in [7, 11) is 0. The molecule has 3 aromatic rings. The molecule has 1 N–H and O–H groups in total. The van der Waals surface area contributed by atoms with Gasteiger partial charge >= 0.3 is 0 Å². The van der Waals surface area contributed by atoms with Crippen LogP contribution in [0.25, 0.3) is 0 Å². The van der Waals surface area contributed by atoms with Crippen LogP contribution in [0.5, 0.6) is 0 Å². The van der Waals surface area contributed by atoms with Crippen molar-refractivity contribution in [2.24, 2.45) is 0 Å². The van der Waals surface area contributed by atoms with E-state index in [0.29, 0.717) is 10.7 Å². The lowest BCUT2D eigenvalue weighted by Crippen LogP contribution is -2.12. The molecule has 0 saturated carbocycles. The Hall–Kier alpha value is -1.70. The van der Waals surface area contributed by atoms with E-state index < -0.39 is 0 Å². The number of nitrogens with one attached hydrogen (secondary N) is 1. The molecule has 21 heavy (non-hydrogen) atoms. The molecule has 0 saturated heterocycles. The Morgan fingerprint density at radius 1 is 1.19 bits per heavy atom. The van der Waals surface area contributed by atoms with Crippen molar-refractivity contribution in [1.29, 1.82) is 0 Å². The first kappa shape index (κ1) is 14.2. The van der Waals surface area contributed by atoms with Crippen molar-refractivity contribution in [3.8, 4) is 0 Å². The Labute approximate surface area is 134 Å². The van der Waals surface area contributed by atoms with E-state index in [4.69, 9.17) is 0 Å². The molecule has 0 aliphatic heterocycles. The molecular formula is C14H11N3OS3. The number of aromatic nitrogens is 2. The summed E-state index contributed by atoms with van der Waals surface area (Å²) in [6, 6.07) is 11.7. The molecule has 106 valence electrons. The predicted molar refractivity (Wildman–Crippen MR) is 88.2 cm³/mol. The molecular weight excluding hydrogens is 322 g/mol. The van der Waals surface area contributed by atoms with Gasteiger partial charge in [-0.05, 0) is 23.6 Å². The van der Waals surface area contributed by atoms with Gasteiger partial charge in [0.25, 0.3) is 5.91 Å². The quantitative estimate of drug-likeness (QED) is 0.713. The first-order valence-corrected chi connectivity index (χ1v) is 8.89. The first-order valence-electron chi connectivity index (χ1n) is 6.14. The number of amides is 1. The minimum absolute atomic E-state index is 0.152. The number of rotatable bonds is 5. The fourth-order valence-corrected chi connectivity index (χ4v) is 3.98. The molecule has 0 atom stereocenters. The maximum absolute atomic E-state index is 12.3. The second kappa shape index (κ2) is 6.84. The highest BCUT2D eigenvalue weighted by Crippen LogP contribution is 2.28. The summed E-state index contributed by atoms with van der Waals surface area (Å²) < 4.78 is 0. The van der Waals surface area contributed by atoms with Crippen molar-refractivity contribution in [2.45, 2.75) is 10.6 Å². The third kappa shape index (κ3) is 3.69. The lowest BCUT2D eigenvalue weighted by Gasteiger charge is -2.07. The van der Waals surface area contributed by atoms with Gasteiger partial charge in [-0.2, -0.15) is 0 Å². The largest absolute Gasteiger partial charge is 0.296 e. The molecule has 2 aromatic heterocycles. The lowest BCUT2D eigenvalue weighted by atomic mass is 10.2. The minimum atomic E-state index is -0.152. The molecule has 7 heteroatoms. The SMILES string of the molecule is O=C(Nc1nncs1)c1ccccc1SCc1cccs1. The molecule has 0 radical (unpaired) electrons. The van der Waals surface area contributed by atoms with Gasteiger partial charge in [0.1, 0.15) is 5.51 Å². The number of thiophene rings is 1. The van der Waals surface area contributed by atoms with Crippen molar-refractivity contribution in [1.82, 2.24) is 10.2 Å². The standard InChI is InChI=1S/C14H11N3OS3/c18-13(16-14-17-15-9-21-14)11-5-1-2-6-12(11)20-8-10-4-3-7-19-10/h1-7,9H,8H2,(H,16,17,18). The van der Waals surface area contributed by atoms with Crippen LogP contribution in [0.2, 0.25) is 0 Å². The molecule has 0 unspecified atom stereocenters. The minimum Gasteiger partial charge on any atom is -0.296 e. The third-order valence-electron chi connectivity index (χ3n) is 2.66. The molecule has 2 heterocycles. The van der Waals surface area contributed by atoms with Gasteiger partial charge in [-0.3, -0.25) is 10.1 Å². The van der Waals surface area contributed by atoms with E-state index in [1.54, 1.807) is 28.6 Å². The highest BCUT2D eigenvalue weighted by Gasteiger charge is 2.13. The summed E-state index contributed by atoms with van der Waals surface area (Å²) in [6.45, 7) is 0. The highest BCUT2D eigenvalue weighted by atomic mass is 32.2. The van der Waals surface area contributed by atoms with Crippen LogP contribution in [-0.2, 0) is 5.75 Å². The summed E-state index contributed by atoms with van der Waals surface area (Å²) in [5.74, 6) is 0.710. The number of nitrogens with zero attached hydrogens (tertiary/aromatic N) is 2. The van der Waals surface area contributed by atoms with E-state index in [1.807, 2.05) is 30.3 Å². The van der Waals surface area contributed by atoms with Crippen molar-refractivity contribution in [3.05, 3.63) is 57.7 Å². The number of hydrogen-bond acceptors (Lipinski definition) is 6. The molecule has 0 aliphatic rings. The van der Waals surface area contributed by atoms with Gasteiger partial charge in [-0.1, -0.05) is 29.5 Å². The number of carbonyl (C=O) groups excluding carboxylic acids is 1. The molecule has 0 aliphatic carbocycles. The predicted octanol–water partition coefficient (Wildman–Crippen LogP) is 4.14. The molecule has 3 rings (SSSR count). The van der Waals surface area contributed by atoms with Gasteiger partial charge in [-0.15, -0.1) is 33.3 Å². The average Bonchev–Trinajstić information content (AvgIpc) is 3.18. The van der Waals surface area contributed by atoms with E-state index in [0.717, 1.165) is 10.6 Å². The Morgan fingerprint density at radius 3 is 2.86 bits per heavy atom. The zero-order valence-corrected chi connectivity index (χ0v) is 13.3. The van der Waals surface area contributed by atoms with Crippen molar-refractivity contribution >= 4 is 45.5 Å². The Balaban J connectivity index is 1.74. The van der Waals surface area contributed by atoms with E-state index in [1.165, 1.54) is 16.2 Å². The van der Waals surface area contributed by atoms with Crippen molar-refractivity contribution in [3.63, 3.8) is 0 Å². The number of carbonyl (C=O) groups is 1. The maximum atomic E-state index is 12.3. The summed E-state index contributed by atoms with van der Waals surface area (Å²) >= 11 is 4.69. The van der Waals surface area contributed by atoms with Crippen LogP contribution in [0.1, 0.15) is 15.2 Å². The normalized spacial score (nSPS) is 10.5. The van der Waals surface area contributed by atoms with Gasteiger partial charge in [0, 0.05) is 15.5 Å². The third-order valence-corrected chi connectivity index (χ3v) is 5.45. The molecule has 1 aromatic carbocycles. The van der Waals surface area contributed by atoms with Gasteiger partial charge in [-0.25, -0.2) is 0 Å². The summed E-state index contributed by atoms with van der Waals surface area (Å²) in [6.07, 6.45) is 0. The fraction of sp³-hybridized carbons (Fsp3) is 0.0714. The smallest absolute Gasteiger partial charge is 0.258 e. The Kier molecular flexibility index (Phi) is 4.64. The first-order chi connectivity index (χ1) is 10.3. The van der Waals surface area contributed by atoms with Crippen molar-refractivity contribution < 1.29 is 4.79 Å².